The lowest BCUT2D eigenvalue weighted by atomic mass is 10.0. The van der Waals surface area contributed by atoms with Crippen LogP contribution in [0.4, 0.5) is 0 Å². The van der Waals surface area contributed by atoms with E-state index in [0.717, 1.165) is 5.56 Å². The summed E-state index contributed by atoms with van der Waals surface area (Å²) in [6.45, 7) is 3.96. The molecule has 5 N–H and O–H groups in total. The summed E-state index contributed by atoms with van der Waals surface area (Å²) in [6.07, 6.45) is 0.850. The van der Waals surface area contributed by atoms with Gasteiger partial charge in [0, 0.05) is 6.42 Å². The van der Waals surface area contributed by atoms with Gasteiger partial charge in [0.2, 0.25) is 11.8 Å². The maximum Gasteiger partial charge on any atom is 0.240 e. The molecule has 1 aromatic carbocycles. The number of methoxy groups -OCH3 is 1. The molecule has 0 spiro atoms. The third-order valence-corrected chi connectivity index (χ3v) is 3.30. The van der Waals surface area contributed by atoms with Gasteiger partial charge in [-0.25, -0.2) is 0 Å². The summed E-state index contributed by atoms with van der Waals surface area (Å²) >= 11 is 0. The van der Waals surface area contributed by atoms with Crippen LogP contribution in [-0.2, 0) is 16.0 Å². The Labute approximate surface area is 131 Å². The minimum Gasteiger partial charge on any atom is -0.497 e. The fourth-order valence-corrected chi connectivity index (χ4v) is 2.15. The molecule has 6 heteroatoms. The van der Waals surface area contributed by atoms with E-state index in [0.29, 0.717) is 24.5 Å². The second-order valence-corrected chi connectivity index (χ2v) is 5.76. The number of carbonyl (C=O) groups is 2. The zero-order valence-corrected chi connectivity index (χ0v) is 13.3. The zero-order chi connectivity index (χ0) is 16.7. The molecule has 2 unspecified atom stereocenters. The van der Waals surface area contributed by atoms with Crippen molar-refractivity contribution in [2.75, 3.05) is 7.11 Å². The third kappa shape index (κ3) is 5.73. The van der Waals surface area contributed by atoms with Crippen molar-refractivity contribution in [3.05, 3.63) is 29.8 Å². The van der Waals surface area contributed by atoms with Crippen LogP contribution in [0.25, 0.3) is 0 Å². The van der Waals surface area contributed by atoms with Crippen molar-refractivity contribution in [1.82, 2.24) is 5.32 Å². The fourth-order valence-electron chi connectivity index (χ4n) is 2.15. The Bertz CT molecular complexity index is 517. The van der Waals surface area contributed by atoms with Gasteiger partial charge in [-0.1, -0.05) is 26.0 Å². The van der Waals surface area contributed by atoms with Gasteiger partial charge in [-0.15, -0.1) is 0 Å². The van der Waals surface area contributed by atoms with E-state index < -0.39 is 18.0 Å². The number of amides is 2. The SMILES string of the molecule is COc1cccc(CC(NC(=O)C(N)CC(C)C)C(N)=O)c1. The molecule has 1 aromatic rings. The molecule has 0 saturated carbocycles. The molecule has 2 amide bonds. The number of nitrogens with two attached hydrogens (primary N) is 2. The second-order valence-electron chi connectivity index (χ2n) is 5.76. The predicted molar refractivity (Wildman–Crippen MR) is 85.3 cm³/mol. The standard InChI is InChI=1S/C16H25N3O3/c1-10(2)7-13(17)16(21)19-14(15(18)20)9-11-5-4-6-12(8-11)22-3/h4-6,8,10,13-14H,7,9,17H2,1-3H3,(H2,18,20)(H,19,21). The first-order chi connectivity index (χ1) is 10.3. The van der Waals surface area contributed by atoms with Crippen LogP contribution in [-0.4, -0.2) is 31.0 Å². The van der Waals surface area contributed by atoms with Gasteiger partial charge in [-0.05, 0) is 30.0 Å². The van der Waals surface area contributed by atoms with Gasteiger partial charge in [0.25, 0.3) is 0 Å². The lowest BCUT2D eigenvalue weighted by molar-refractivity contribution is -0.128. The molecule has 0 aliphatic rings. The zero-order valence-electron chi connectivity index (χ0n) is 13.3. The molecule has 0 saturated heterocycles. The number of primary amides is 1. The molecule has 0 heterocycles. The number of hydrogen-bond donors (Lipinski definition) is 3. The van der Waals surface area contributed by atoms with Crippen molar-refractivity contribution < 1.29 is 14.3 Å². The predicted octanol–water partition coefficient (Wildman–Crippen LogP) is 0.581. The summed E-state index contributed by atoms with van der Waals surface area (Å²) in [6, 6.07) is 5.83. The Balaban J connectivity index is 2.73. The first kappa shape index (κ1) is 18.0. The highest BCUT2D eigenvalue weighted by atomic mass is 16.5. The summed E-state index contributed by atoms with van der Waals surface area (Å²) in [5, 5.41) is 2.63. The van der Waals surface area contributed by atoms with Crippen molar-refractivity contribution in [1.29, 1.82) is 0 Å². The van der Waals surface area contributed by atoms with Crippen LogP contribution in [0.2, 0.25) is 0 Å². The number of nitrogens with one attached hydrogen (secondary N) is 1. The Morgan fingerprint density at radius 3 is 2.55 bits per heavy atom. The molecule has 0 aromatic heterocycles. The Kier molecular flexibility index (Phi) is 6.85. The third-order valence-electron chi connectivity index (χ3n) is 3.30. The number of carbonyl (C=O) groups excluding carboxylic acids is 2. The van der Waals surface area contributed by atoms with Crippen LogP contribution in [0, 0.1) is 5.92 Å². The number of hydrogen-bond acceptors (Lipinski definition) is 4. The van der Waals surface area contributed by atoms with Crippen molar-refractivity contribution in [3.63, 3.8) is 0 Å². The van der Waals surface area contributed by atoms with Crippen molar-refractivity contribution in [2.24, 2.45) is 17.4 Å². The molecular weight excluding hydrogens is 282 g/mol. The lowest BCUT2D eigenvalue weighted by Gasteiger charge is -2.19. The monoisotopic (exact) mass is 307 g/mol. The molecular formula is C16H25N3O3. The molecule has 1 rings (SSSR count). The average Bonchev–Trinajstić information content (AvgIpc) is 2.45. The van der Waals surface area contributed by atoms with E-state index in [1.165, 1.54) is 0 Å². The molecule has 0 radical (unpaired) electrons. The van der Waals surface area contributed by atoms with E-state index >= 15 is 0 Å². The Hall–Kier alpha value is -2.08. The summed E-state index contributed by atoms with van der Waals surface area (Å²) in [5.74, 6) is 0.0306. The van der Waals surface area contributed by atoms with Gasteiger partial charge in [-0.2, -0.15) is 0 Å². The average molecular weight is 307 g/mol. The highest BCUT2D eigenvalue weighted by molar-refractivity contribution is 5.89. The van der Waals surface area contributed by atoms with E-state index in [9.17, 15) is 9.59 Å². The van der Waals surface area contributed by atoms with E-state index in [1.807, 2.05) is 26.0 Å². The van der Waals surface area contributed by atoms with Crippen LogP contribution < -0.4 is 21.5 Å². The summed E-state index contributed by atoms with van der Waals surface area (Å²) in [5.41, 5.74) is 12.0. The van der Waals surface area contributed by atoms with E-state index in [4.69, 9.17) is 16.2 Å². The number of benzene rings is 1. The summed E-state index contributed by atoms with van der Waals surface area (Å²) in [7, 11) is 1.57. The second kappa shape index (κ2) is 8.38. The van der Waals surface area contributed by atoms with Crippen molar-refractivity contribution in [2.45, 2.75) is 38.8 Å². The Morgan fingerprint density at radius 1 is 1.32 bits per heavy atom. The molecule has 22 heavy (non-hydrogen) atoms. The molecule has 6 nitrogen and oxygen atoms in total. The van der Waals surface area contributed by atoms with Crippen LogP contribution in [0.3, 0.4) is 0 Å². The van der Waals surface area contributed by atoms with Crippen molar-refractivity contribution >= 4 is 11.8 Å². The molecule has 0 fully saturated rings. The topological polar surface area (TPSA) is 107 Å². The molecule has 0 aliphatic heterocycles. The van der Waals surface area contributed by atoms with Crippen LogP contribution >= 0.6 is 0 Å². The van der Waals surface area contributed by atoms with E-state index in [1.54, 1.807) is 19.2 Å². The van der Waals surface area contributed by atoms with Gasteiger partial charge in [-0.3, -0.25) is 9.59 Å². The highest BCUT2D eigenvalue weighted by Gasteiger charge is 2.22. The lowest BCUT2D eigenvalue weighted by Crippen LogP contribution is -2.51. The minimum absolute atomic E-state index is 0.297. The quantitative estimate of drug-likeness (QED) is 0.653. The van der Waals surface area contributed by atoms with E-state index in [-0.39, 0.29) is 5.91 Å². The first-order valence-electron chi connectivity index (χ1n) is 7.31. The Morgan fingerprint density at radius 2 is 2.00 bits per heavy atom. The fraction of sp³-hybridized carbons (Fsp3) is 0.500. The maximum absolute atomic E-state index is 12.0. The largest absolute Gasteiger partial charge is 0.497 e. The molecule has 122 valence electrons. The smallest absolute Gasteiger partial charge is 0.240 e. The maximum atomic E-state index is 12.0. The van der Waals surface area contributed by atoms with Crippen LogP contribution in [0.1, 0.15) is 25.8 Å². The van der Waals surface area contributed by atoms with Crippen molar-refractivity contribution in [3.8, 4) is 5.75 Å². The van der Waals surface area contributed by atoms with Gasteiger partial charge >= 0.3 is 0 Å². The normalized spacial score (nSPS) is 13.5. The number of ether oxygens (including phenoxy) is 1. The molecule has 2 atom stereocenters. The van der Waals surface area contributed by atoms with Gasteiger partial charge in [0.1, 0.15) is 11.8 Å². The summed E-state index contributed by atoms with van der Waals surface area (Å²) in [4.78, 5) is 23.6. The van der Waals surface area contributed by atoms with E-state index in [2.05, 4.69) is 5.32 Å². The van der Waals surface area contributed by atoms with Crippen LogP contribution in [0.15, 0.2) is 24.3 Å². The first-order valence-corrected chi connectivity index (χ1v) is 7.31. The summed E-state index contributed by atoms with van der Waals surface area (Å²) < 4.78 is 5.14. The number of rotatable bonds is 8. The molecule has 0 bridgehead atoms. The minimum atomic E-state index is -0.794. The highest BCUT2D eigenvalue weighted by Crippen LogP contribution is 2.14. The van der Waals surface area contributed by atoms with Crippen LogP contribution in [0.5, 0.6) is 5.75 Å². The van der Waals surface area contributed by atoms with Gasteiger partial charge < -0.3 is 21.5 Å². The van der Waals surface area contributed by atoms with Gasteiger partial charge in [0.05, 0.1) is 13.2 Å². The van der Waals surface area contributed by atoms with Gasteiger partial charge in [0.15, 0.2) is 0 Å². The molecule has 0 aliphatic carbocycles.